The van der Waals surface area contributed by atoms with Crippen LogP contribution in [-0.2, 0) is 6.42 Å². The van der Waals surface area contributed by atoms with Crippen molar-refractivity contribution < 1.29 is 9.66 Å². The Labute approximate surface area is 106 Å². The van der Waals surface area contributed by atoms with Gasteiger partial charge in [-0.05, 0) is 30.9 Å². The fraction of sp³-hybridized carbons (Fsp3) is 0.500. The second-order valence-corrected chi connectivity index (χ2v) is 4.42. The van der Waals surface area contributed by atoms with Gasteiger partial charge < -0.3 is 4.74 Å². The Morgan fingerprint density at radius 2 is 2.24 bits per heavy atom. The number of halogens is 1. The highest BCUT2D eigenvalue weighted by Crippen LogP contribution is 2.28. The third-order valence-corrected chi connectivity index (χ3v) is 3.16. The summed E-state index contributed by atoms with van der Waals surface area (Å²) in [5, 5.41) is 10.9. The number of nitrogens with zero attached hydrogens (tertiary/aromatic N) is 1. The Bertz CT molecular complexity index is 395. The van der Waals surface area contributed by atoms with Crippen LogP contribution in [0.25, 0.3) is 0 Å². The predicted octanol–water partition coefficient (Wildman–Crippen LogP) is 3.55. The molecule has 17 heavy (non-hydrogen) atoms. The topological polar surface area (TPSA) is 52.4 Å². The fourth-order valence-corrected chi connectivity index (χ4v) is 1.67. The van der Waals surface area contributed by atoms with Crippen LogP contribution in [-0.4, -0.2) is 17.4 Å². The van der Waals surface area contributed by atoms with Gasteiger partial charge in [-0.3, -0.25) is 10.1 Å². The first-order chi connectivity index (χ1) is 8.08. The van der Waals surface area contributed by atoms with Crippen LogP contribution >= 0.6 is 11.6 Å². The molecule has 0 N–H and O–H groups in total. The molecule has 0 aromatic heterocycles. The quantitative estimate of drug-likeness (QED) is 0.445. The molecule has 1 unspecified atom stereocenters. The van der Waals surface area contributed by atoms with E-state index in [-0.39, 0.29) is 16.8 Å². The molecule has 0 spiro atoms. The van der Waals surface area contributed by atoms with Crippen LogP contribution in [0.1, 0.15) is 25.3 Å². The highest BCUT2D eigenvalue weighted by atomic mass is 35.5. The normalized spacial score (nSPS) is 12.2. The monoisotopic (exact) mass is 257 g/mol. The van der Waals surface area contributed by atoms with Gasteiger partial charge in [0.2, 0.25) is 0 Å². The van der Waals surface area contributed by atoms with Crippen molar-refractivity contribution in [2.45, 2.75) is 31.6 Å². The van der Waals surface area contributed by atoms with Gasteiger partial charge in [0.25, 0.3) is 0 Å². The van der Waals surface area contributed by atoms with Gasteiger partial charge in [0.05, 0.1) is 12.0 Å². The summed E-state index contributed by atoms with van der Waals surface area (Å²) in [5.41, 5.74) is 0.921. The summed E-state index contributed by atoms with van der Waals surface area (Å²) in [5.74, 6) is 0.289. The molecule has 1 atom stereocenters. The third kappa shape index (κ3) is 3.89. The molecule has 1 aromatic carbocycles. The van der Waals surface area contributed by atoms with Gasteiger partial charge in [0.1, 0.15) is 0 Å². The summed E-state index contributed by atoms with van der Waals surface area (Å²) in [6.45, 7) is 2.02. The van der Waals surface area contributed by atoms with E-state index < -0.39 is 4.92 Å². The van der Waals surface area contributed by atoms with Gasteiger partial charge in [-0.25, -0.2) is 0 Å². The van der Waals surface area contributed by atoms with E-state index in [1.807, 2.05) is 13.0 Å². The molecule has 0 bridgehead atoms. The summed E-state index contributed by atoms with van der Waals surface area (Å²) in [6, 6.07) is 5.02. The minimum atomic E-state index is -0.430. The van der Waals surface area contributed by atoms with Gasteiger partial charge >= 0.3 is 5.69 Å². The molecular weight excluding hydrogens is 242 g/mol. The van der Waals surface area contributed by atoms with Crippen molar-refractivity contribution in [2.24, 2.45) is 0 Å². The van der Waals surface area contributed by atoms with Crippen molar-refractivity contribution in [1.29, 1.82) is 0 Å². The number of rotatable bonds is 6. The van der Waals surface area contributed by atoms with Gasteiger partial charge in [0, 0.05) is 11.4 Å². The Hall–Kier alpha value is -1.29. The van der Waals surface area contributed by atoms with Gasteiger partial charge in [-0.15, -0.1) is 11.6 Å². The van der Waals surface area contributed by atoms with Crippen LogP contribution in [0.15, 0.2) is 18.2 Å². The molecule has 0 fully saturated rings. The first-order valence-electron chi connectivity index (χ1n) is 5.53. The molecule has 4 nitrogen and oxygen atoms in total. The van der Waals surface area contributed by atoms with Crippen LogP contribution in [0.2, 0.25) is 0 Å². The smallest absolute Gasteiger partial charge is 0.311 e. The second-order valence-electron chi connectivity index (χ2n) is 3.81. The summed E-state index contributed by atoms with van der Waals surface area (Å²) < 4.78 is 4.94. The highest BCUT2D eigenvalue weighted by molar-refractivity contribution is 6.20. The van der Waals surface area contributed by atoms with Crippen molar-refractivity contribution in [3.63, 3.8) is 0 Å². The van der Waals surface area contributed by atoms with Gasteiger partial charge in [-0.1, -0.05) is 13.0 Å². The van der Waals surface area contributed by atoms with E-state index in [2.05, 4.69) is 0 Å². The molecule has 0 radical (unpaired) electrons. The number of benzene rings is 1. The summed E-state index contributed by atoms with van der Waals surface area (Å²) >= 11 is 6.02. The molecule has 1 aromatic rings. The maximum atomic E-state index is 10.8. The van der Waals surface area contributed by atoms with Gasteiger partial charge in [0.15, 0.2) is 5.75 Å². The zero-order chi connectivity index (χ0) is 12.8. The minimum Gasteiger partial charge on any atom is -0.490 e. The largest absolute Gasteiger partial charge is 0.490 e. The molecule has 0 saturated carbocycles. The number of hydrogen-bond acceptors (Lipinski definition) is 3. The molecule has 0 aliphatic heterocycles. The molecule has 0 aliphatic carbocycles. The molecule has 0 aliphatic rings. The summed E-state index contributed by atoms with van der Waals surface area (Å²) in [7, 11) is 1.42. The van der Waals surface area contributed by atoms with Crippen molar-refractivity contribution in [1.82, 2.24) is 0 Å². The van der Waals surface area contributed by atoms with Crippen LogP contribution in [0.4, 0.5) is 5.69 Å². The van der Waals surface area contributed by atoms with Crippen LogP contribution in [0, 0.1) is 10.1 Å². The predicted molar refractivity (Wildman–Crippen MR) is 67.9 cm³/mol. The van der Waals surface area contributed by atoms with Crippen LogP contribution in [0.3, 0.4) is 0 Å². The van der Waals surface area contributed by atoms with E-state index in [1.54, 1.807) is 12.1 Å². The molecule has 5 heteroatoms. The molecule has 1 rings (SSSR count). The van der Waals surface area contributed by atoms with Gasteiger partial charge in [-0.2, -0.15) is 0 Å². The van der Waals surface area contributed by atoms with E-state index >= 15 is 0 Å². The molecule has 0 amide bonds. The third-order valence-electron chi connectivity index (χ3n) is 2.63. The zero-order valence-electron chi connectivity index (χ0n) is 9.98. The second kappa shape index (κ2) is 6.45. The van der Waals surface area contributed by atoms with Crippen molar-refractivity contribution in [3.05, 3.63) is 33.9 Å². The van der Waals surface area contributed by atoms with Crippen molar-refractivity contribution in [3.8, 4) is 5.75 Å². The van der Waals surface area contributed by atoms with Crippen LogP contribution < -0.4 is 4.74 Å². The molecule has 0 saturated heterocycles. The Morgan fingerprint density at radius 1 is 1.53 bits per heavy atom. The number of hydrogen-bond donors (Lipinski definition) is 0. The van der Waals surface area contributed by atoms with E-state index in [9.17, 15) is 10.1 Å². The maximum absolute atomic E-state index is 10.8. The lowest BCUT2D eigenvalue weighted by Crippen LogP contribution is -2.00. The Morgan fingerprint density at radius 3 is 2.76 bits per heavy atom. The summed E-state index contributed by atoms with van der Waals surface area (Å²) in [6.07, 6.45) is 2.47. The van der Waals surface area contributed by atoms with E-state index in [4.69, 9.17) is 16.3 Å². The number of ether oxygens (including phenoxy) is 1. The van der Waals surface area contributed by atoms with E-state index in [0.717, 1.165) is 24.8 Å². The first kappa shape index (κ1) is 13.8. The van der Waals surface area contributed by atoms with Crippen molar-refractivity contribution in [2.75, 3.05) is 7.11 Å². The zero-order valence-corrected chi connectivity index (χ0v) is 10.7. The Balaban J connectivity index is 2.81. The number of nitro benzene ring substituents is 1. The maximum Gasteiger partial charge on any atom is 0.311 e. The van der Waals surface area contributed by atoms with Crippen molar-refractivity contribution >= 4 is 17.3 Å². The lowest BCUT2D eigenvalue weighted by molar-refractivity contribution is -0.385. The fourth-order valence-electron chi connectivity index (χ4n) is 1.56. The average molecular weight is 258 g/mol. The van der Waals surface area contributed by atoms with E-state index in [1.165, 1.54) is 7.11 Å². The molecule has 0 heterocycles. The number of nitro groups is 1. The lowest BCUT2D eigenvalue weighted by Gasteiger charge is -2.07. The Kier molecular flexibility index (Phi) is 5.22. The number of alkyl halides is 1. The highest BCUT2D eigenvalue weighted by Gasteiger charge is 2.15. The lowest BCUT2D eigenvalue weighted by atomic mass is 10.1. The first-order valence-corrected chi connectivity index (χ1v) is 5.97. The minimum absolute atomic E-state index is 0.00706. The molecule has 94 valence electrons. The summed E-state index contributed by atoms with van der Waals surface area (Å²) in [4.78, 5) is 10.4. The number of methoxy groups -OCH3 is 1. The van der Waals surface area contributed by atoms with E-state index in [0.29, 0.717) is 0 Å². The SMILES string of the molecule is CCC(Cl)CCc1ccc(OC)c([N+](=O)[O-])c1. The molecular formula is C12H16ClNO3. The standard InChI is InChI=1S/C12H16ClNO3/c1-3-10(13)6-4-9-5-7-12(17-2)11(8-9)14(15)16/h5,7-8,10H,3-4,6H2,1-2H3. The average Bonchev–Trinajstić information content (AvgIpc) is 2.35. The number of aryl methyl sites for hydroxylation is 1. The van der Waals surface area contributed by atoms with Crippen LogP contribution in [0.5, 0.6) is 5.75 Å².